The van der Waals surface area contributed by atoms with Crippen LogP contribution in [-0.2, 0) is 0 Å². The molecule has 0 aromatic rings. The van der Waals surface area contributed by atoms with Gasteiger partial charge in [-0.15, -0.1) is 0 Å². The number of guanidine groups is 1. The highest BCUT2D eigenvalue weighted by atomic mass is 32.2. The minimum atomic E-state index is 0.194. The van der Waals surface area contributed by atoms with Crippen molar-refractivity contribution >= 4 is 17.7 Å². The largest absolute Gasteiger partial charge is 0.370 e. The third-order valence-corrected chi connectivity index (χ3v) is 3.61. The summed E-state index contributed by atoms with van der Waals surface area (Å²) in [6, 6.07) is 1.10. The van der Waals surface area contributed by atoms with E-state index < -0.39 is 0 Å². The lowest BCUT2D eigenvalue weighted by Crippen LogP contribution is -2.36. The van der Waals surface area contributed by atoms with Crippen molar-refractivity contribution in [1.82, 2.24) is 5.32 Å². The predicted molar refractivity (Wildman–Crippen MR) is 84.1 cm³/mol. The zero-order valence-electron chi connectivity index (χ0n) is 12.3. The number of hydrogen-bond donors (Lipinski definition) is 3. The number of nitrogens with zero attached hydrogens (tertiary/aromatic N) is 1. The Morgan fingerprint density at radius 1 is 1.28 bits per heavy atom. The number of nitrogens with two attached hydrogens (primary N) is 2. The molecule has 5 heteroatoms. The lowest BCUT2D eigenvalue weighted by atomic mass is 9.99. The Labute approximate surface area is 116 Å². The maximum atomic E-state index is 5.32. The van der Waals surface area contributed by atoms with E-state index in [9.17, 15) is 0 Å². The number of thioether (sulfide) groups is 1. The van der Waals surface area contributed by atoms with Crippen molar-refractivity contribution in [3.63, 3.8) is 0 Å². The van der Waals surface area contributed by atoms with E-state index >= 15 is 0 Å². The summed E-state index contributed by atoms with van der Waals surface area (Å²) in [6.07, 6.45) is 5.56. The second kappa shape index (κ2) is 10.5. The Hall–Kier alpha value is -0.420. The first kappa shape index (κ1) is 17.6. The molecule has 0 amide bonds. The monoisotopic (exact) mass is 274 g/mol. The highest BCUT2D eigenvalue weighted by molar-refractivity contribution is 7.98. The molecule has 0 saturated carbocycles. The van der Waals surface area contributed by atoms with Gasteiger partial charge in [0.25, 0.3) is 0 Å². The zero-order chi connectivity index (χ0) is 14.0. The number of hydrogen-bond acceptors (Lipinski definition) is 3. The van der Waals surface area contributed by atoms with Gasteiger partial charge >= 0.3 is 0 Å². The van der Waals surface area contributed by atoms with Crippen LogP contribution in [0, 0.1) is 5.92 Å². The summed E-state index contributed by atoms with van der Waals surface area (Å²) in [6.45, 7) is 7.45. The molecule has 0 spiro atoms. The number of nitrogens with one attached hydrogen (secondary N) is 1. The minimum Gasteiger partial charge on any atom is -0.370 e. The van der Waals surface area contributed by atoms with Crippen LogP contribution in [0.25, 0.3) is 0 Å². The van der Waals surface area contributed by atoms with Gasteiger partial charge in [-0.1, -0.05) is 20.8 Å². The molecule has 108 valence electrons. The molecule has 0 saturated heterocycles. The molecule has 0 aromatic heterocycles. The molecule has 18 heavy (non-hydrogen) atoms. The van der Waals surface area contributed by atoms with E-state index in [1.165, 1.54) is 12.2 Å². The van der Waals surface area contributed by atoms with Crippen molar-refractivity contribution in [2.24, 2.45) is 22.4 Å². The van der Waals surface area contributed by atoms with E-state index in [1.54, 1.807) is 0 Å². The van der Waals surface area contributed by atoms with Crippen LogP contribution in [0.5, 0.6) is 0 Å². The van der Waals surface area contributed by atoms with Crippen LogP contribution < -0.4 is 16.8 Å². The van der Waals surface area contributed by atoms with Crippen molar-refractivity contribution in [1.29, 1.82) is 0 Å². The van der Waals surface area contributed by atoms with Crippen LogP contribution >= 0.6 is 11.8 Å². The lowest BCUT2D eigenvalue weighted by Gasteiger charge is -2.24. The van der Waals surface area contributed by atoms with Crippen molar-refractivity contribution in [2.75, 3.05) is 18.6 Å². The highest BCUT2D eigenvalue weighted by Gasteiger charge is 2.13. The molecule has 4 nitrogen and oxygen atoms in total. The fourth-order valence-corrected chi connectivity index (χ4v) is 2.83. The number of aliphatic imine (C=N–C) groups is 1. The molecule has 0 heterocycles. The Morgan fingerprint density at radius 3 is 2.44 bits per heavy atom. The summed E-state index contributed by atoms with van der Waals surface area (Å²) >= 11 is 1.92. The van der Waals surface area contributed by atoms with Gasteiger partial charge in [0.1, 0.15) is 0 Å². The van der Waals surface area contributed by atoms with Gasteiger partial charge in [0.05, 0.1) is 0 Å². The summed E-state index contributed by atoms with van der Waals surface area (Å²) < 4.78 is 0. The quantitative estimate of drug-likeness (QED) is 0.322. The molecule has 0 rings (SSSR count). The molecule has 0 aliphatic carbocycles. The molecule has 0 fully saturated rings. The van der Waals surface area contributed by atoms with Gasteiger partial charge < -0.3 is 16.8 Å². The average Bonchev–Trinajstić information content (AvgIpc) is 2.23. The standard InChI is InChI=1S/C13H30N4S/c1-10(2)17-12(8-11(3)9-18-4)6-5-7-16-13(14)15/h10-12,17H,5-9H2,1-4H3,(H4,14,15,16)/t11?,12-/m0/s1. The van der Waals surface area contributed by atoms with E-state index in [0.717, 1.165) is 25.3 Å². The second-order valence-corrected chi connectivity index (χ2v) is 6.17. The van der Waals surface area contributed by atoms with Gasteiger partial charge in [-0.2, -0.15) is 11.8 Å². The average molecular weight is 274 g/mol. The van der Waals surface area contributed by atoms with E-state index in [0.29, 0.717) is 12.1 Å². The van der Waals surface area contributed by atoms with Crippen LogP contribution in [0.4, 0.5) is 0 Å². The van der Waals surface area contributed by atoms with Crippen LogP contribution in [0.15, 0.2) is 4.99 Å². The van der Waals surface area contributed by atoms with Gasteiger partial charge in [-0.3, -0.25) is 4.99 Å². The molecule has 0 bridgehead atoms. The predicted octanol–water partition coefficient (Wildman–Crippen LogP) is 1.80. The molecule has 2 atom stereocenters. The summed E-state index contributed by atoms with van der Waals surface area (Å²) in [5, 5.41) is 3.64. The molecular formula is C13H30N4S. The van der Waals surface area contributed by atoms with Crippen LogP contribution in [0.2, 0.25) is 0 Å². The maximum absolute atomic E-state index is 5.32. The molecule has 0 radical (unpaired) electrons. The Morgan fingerprint density at radius 2 is 1.94 bits per heavy atom. The van der Waals surface area contributed by atoms with Gasteiger partial charge in [-0.25, -0.2) is 0 Å². The second-order valence-electron chi connectivity index (χ2n) is 5.26. The Kier molecular flexibility index (Phi) is 10.3. The van der Waals surface area contributed by atoms with Gasteiger partial charge in [0.2, 0.25) is 0 Å². The lowest BCUT2D eigenvalue weighted by molar-refractivity contribution is 0.370. The van der Waals surface area contributed by atoms with Crippen molar-refractivity contribution in [2.45, 2.75) is 52.1 Å². The number of rotatable bonds is 10. The van der Waals surface area contributed by atoms with Crippen molar-refractivity contribution in [3.8, 4) is 0 Å². The molecular weight excluding hydrogens is 244 g/mol. The van der Waals surface area contributed by atoms with E-state index in [4.69, 9.17) is 11.5 Å². The van der Waals surface area contributed by atoms with Crippen LogP contribution in [0.1, 0.15) is 40.0 Å². The van der Waals surface area contributed by atoms with Crippen LogP contribution in [0.3, 0.4) is 0 Å². The summed E-state index contributed by atoms with van der Waals surface area (Å²) in [5.74, 6) is 2.17. The Balaban J connectivity index is 4.02. The van der Waals surface area contributed by atoms with Crippen molar-refractivity contribution in [3.05, 3.63) is 0 Å². The third-order valence-electron chi connectivity index (χ3n) is 2.71. The van der Waals surface area contributed by atoms with E-state index in [-0.39, 0.29) is 5.96 Å². The summed E-state index contributed by atoms with van der Waals surface area (Å²) in [5.41, 5.74) is 10.6. The molecule has 0 aliphatic rings. The smallest absolute Gasteiger partial charge is 0.185 e. The topological polar surface area (TPSA) is 76.4 Å². The maximum Gasteiger partial charge on any atom is 0.185 e. The molecule has 0 aromatic carbocycles. The van der Waals surface area contributed by atoms with Crippen molar-refractivity contribution < 1.29 is 0 Å². The fourth-order valence-electron chi connectivity index (χ4n) is 2.12. The third kappa shape index (κ3) is 10.7. The highest BCUT2D eigenvalue weighted by Crippen LogP contribution is 2.15. The van der Waals surface area contributed by atoms with Crippen LogP contribution in [-0.4, -0.2) is 36.6 Å². The first-order valence-corrected chi connectivity index (χ1v) is 8.15. The minimum absolute atomic E-state index is 0.194. The fraction of sp³-hybridized carbons (Fsp3) is 0.923. The van der Waals surface area contributed by atoms with E-state index in [1.807, 2.05) is 11.8 Å². The normalized spacial score (nSPS) is 14.5. The molecule has 0 aliphatic heterocycles. The Bertz CT molecular complexity index is 227. The molecule has 5 N–H and O–H groups in total. The first-order chi connectivity index (χ1) is 8.45. The van der Waals surface area contributed by atoms with Gasteiger partial charge in [0, 0.05) is 18.6 Å². The van der Waals surface area contributed by atoms with Gasteiger partial charge in [-0.05, 0) is 37.2 Å². The van der Waals surface area contributed by atoms with Gasteiger partial charge in [0.15, 0.2) is 5.96 Å². The molecule has 1 unspecified atom stereocenters. The SMILES string of the molecule is CSCC(C)C[C@H](CCCN=C(N)N)NC(C)C. The summed E-state index contributed by atoms with van der Waals surface area (Å²) in [7, 11) is 0. The zero-order valence-corrected chi connectivity index (χ0v) is 13.1. The van der Waals surface area contributed by atoms with E-state index in [2.05, 4.69) is 37.3 Å². The first-order valence-electron chi connectivity index (χ1n) is 6.76. The summed E-state index contributed by atoms with van der Waals surface area (Å²) in [4.78, 5) is 4.03.